The Morgan fingerprint density at radius 2 is 1.00 bits per heavy atom. The van der Waals surface area contributed by atoms with Crippen molar-refractivity contribution in [3.63, 3.8) is 0 Å². The minimum absolute atomic E-state index is 0.940. The molecule has 2 atom stereocenters. The molecule has 0 fully saturated rings. The second-order valence-corrected chi connectivity index (χ2v) is 5.65. The minimum atomic E-state index is 0.940. The normalized spacial score (nSPS) is 15.0. The van der Waals surface area contributed by atoms with Gasteiger partial charge >= 0.3 is 0 Å². The summed E-state index contributed by atoms with van der Waals surface area (Å²) in [7, 11) is 0. The molecule has 0 radical (unpaired) electrons. The molecule has 2 unspecified atom stereocenters. The molecular weight excluding hydrogens is 192 g/mol. The van der Waals surface area contributed by atoms with Crippen molar-refractivity contribution < 1.29 is 0 Å². The van der Waals surface area contributed by atoms with Gasteiger partial charge in [-0.25, -0.2) is 0 Å². The molecule has 0 aliphatic heterocycles. The predicted octanol–water partition coefficient (Wildman–Crippen LogP) is 6.20. The maximum absolute atomic E-state index is 2.45. The molecule has 0 bridgehead atoms. The highest BCUT2D eigenvalue weighted by atomic mass is 14.2. The molecule has 0 heterocycles. The third-order valence-electron chi connectivity index (χ3n) is 4.00. The van der Waals surface area contributed by atoms with Crippen LogP contribution in [0.1, 0.15) is 91.9 Å². The summed E-state index contributed by atoms with van der Waals surface area (Å²) >= 11 is 0. The Morgan fingerprint density at radius 3 is 1.56 bits per heavy atom. The molecule has 0 amide bonds. The van der Waals surface area contributed by atoms with Crippen LogP contribution in [0.5, 0.6) is 0 Å². The summed E-state index contributed by atoms with van der Waals surface area (Å²) in [5.74, 6) is 1.88. The van der Waals surface area contributed by atoms with Gasteiger partial charge in [0.15, 0.2) is 0 Å². The largest absolute Gasteiger partial charge is 0.0654 e. The van der Waals surface area contributed by atoms with Gasteiger partial charge < -0.3 is 0 Å². The average molecular weight is 226 g/mol. The third kappa shape index (κ3) is 9.24. The van der Waals surface area contributed by atoms with E-state index in [-0.39, 0.29) is 0 Å². The van der Waals surface area contributed by atoms with Gasteiger partial charge in [-0.15, -0.1) is 0 Å². The van der Waals surface area contributed by atoms with Crippen LogP contribution in [0.4, 0.5) is 0 Å². The van der Waals surface area contributed by atoms with Crippen molar-refractivity contribution in [3.8, 4) is 0 Å². The first-order valence-electron chi connectivity index (χ1n) is 7.72. The lowest BCUT2D eigenvalue weighted by atomic mass is 9.87. The van der Waals surface area contributed by atoms with Gasteiger partial charge in [0, 0.05) is 0 Å². The summed E-state index contributed by atoms with van der Waals surface area (Å²) in [6.07, 6.45) is 14.3. The summed E-state index contributed by atoms with van der Waals surface area (Å²) in [5.41, 5.74) is 0. The van der Waals surface area contributed by atoms with Crippen LogP contribution in [0.2, 0.25) is 0 Å². The van der Waals surface area contributed by atoms with E-state index in [2.05, 4.69) is 27.7 Å². The van der Waals surface area contributed by atoms with Gasteiger partial charge in [0.05, 0.1) is 0 Å². The van der Waals surface area contributed by atoms with E-state index in [1.54, 1.807) is 0 Å². The summed E-state index contributed by atoms with van der Waals surface area (Å²) in [5, 5.41) is 0. The van der Waals surface area contributed by atoms with Crippen molar-refractivity contribution in [2.24, 2.45) is 11.8 Å². The number of unbranched alkanes of at least 4 members (excludes halogenated alkanes) is 6. The molecule has 0 nitrogen and oxygen atoms in total. The first-order chi connectivity index (χ1) is 7.72. The van der Waals surface area contributed by atoms with Gasteiger partial charge in [0.1, 0.15) is 0 Å². The Morgan fingerprint density at radius 1 is 0.562 bits per heavy atom. The molecular formula is C16H34. The van der Waals surface area contributed by atoms with Crippen molar-refractivity contribution in [2.45, 2.75) is 91.9 Å². The number of hydrogen-bond donors (Lipinski definition) is 0. The zero-order chi connectivity index (χ0) is 12.2. The van der Waals surface area contributed by atoms with E-state index < -0.39 is 0 Å². The van der Waals surface area contributed by atoms with Crippen molar-refractivity contribution in [1.29, 1.82) is 0 Å². The lowest BCUT2D eigenvalue weighted by Gasteiger charge is -2.19. The zero-order valence-electron chi connectivity index (χ0n) is 12.2. The number of rotatable bonds is 11. The Bertz CT molecular complexity index is 128. The first kappa shape index (κ1) is 16.0. The fraction of sp³-hybridized carbons (Fsp3) is 1.00. The van der Waals surface area contributed by atoms with Gasteiger partial charge in [-0.05, 0) is 11.8 Å². The van der Waals surface area contributed by atoms with E-state index >= 15 is 0 Å². The lowest BCUT2D eigenvalue weighted by molar-refractivity contribution is 0.325. The van der Waals surface area contributed by atoms with Crippen LogP contribution in [0.25, 0.3) is 0 Å². The van der Waals surface area contributed by atoms with E-state index in [1.165, 1.54) is 64.2 Å². The van der Waals surface area contributed by atoms with Crippen LogP contribution in [0.3, 0.4) is 0 Å². The maximum Gasteiger partial charge on any atom is -0.0417 e. The molecule has 0 saturated carbocycles. The fourth-order valence-corrected chi connectivity index (χ4v) is 2.34. The van der Waals surface area contributed by atoms with Crippen LogP contribution in [-0.4, -0.2) is 0 Å². The van der Waals surface area contributed by atoms with Gasteiger partial charge in [-0.3, -0.25) is 0 Å². The van der Waals surface area contributed by atoms with Crippen molar-refractivity contribution >= 4 is 0 Å². The van der Waals surface area contributed by atoms with Gasteiger partial charge in [0.25, 0.3) is 0 Å². The molecule has 0 saturated heterocycles. The smallest absolute Gasteiger partial charge is 0.0417 e. The lowest BCUT2D eigenvalue weighted by Crippen LogP contribution is -2.07. The molecule has 0 aromatic carbocycles. The van der Waals surface area contributed by atoms with Crippen molar-refractivity contribution in [2.75, 3.05) is 0 Å². The molecule has 16 heavy (non-hydrogen) atoms. The Labute approximate surface area is 104 Å². The molecule has 0 aliphatic rings. The third-order valence-corrected chi connectivity index (χ3v) is 4.00. The summed E-state index contributed by atoms with van der Waals surface area (Å²) < 4.78 is 0. The predicted molar refractivity (Wildman–Crippen MR) is 75.8 cm³/mol. The highest BCUT2D eigenvalue weighted by Gasteiger charge is 2.10. The van der Waals surface area contributed by atoms with Gasteiger partial charge in [-0.1, -0.05) is 91.9 Å². The molecule has 0 aromatic rings. The molecule has 98 valence electrons. The number of hydrogen-bond acceptors (Lipinski definition) is 0. The van der Waals surface area contributed by atoms with Crippen LogP contribution in [0, 0.1) is 11.8 Å². The summed E-state index contributed by atoms with van der Waals surface area (Å²) in [6, 6.07) is 0. The zero-order valence-corrected chi connectivity index (χ0v) is 12.2. The highest BCUT2D eigenvalue weighted by Crippen LogP contribution is 2.23. The highest BCUT2D eigenvalue weighted by molar-refractivity contribution is 4.62. The van der Waals surface area contributed by atoms with Crippen LogP contribution >= 0.6 is 0 Å². The second kappa shape index (κ2) is 11.5. The second-order valence-electron chi connectivity index (χ2n) is 5.65. The molecule has 0 rings (SSSR count). The Balaban J connectivity index is 3.31. The standard InChI is InChI=1S/C16H34/c1-5-7-9-10-11-12-14-16(4)15(3)13-8-6-2/h15-16H,5-14H2,1-4H3. The van der Waals surface area contributed by atoms with Crippen LogP contribution in [-0.2, 0) is 0 Å². The Hall–Kier alpha value is 0. The minimum Gasteiger partial charge on any atom is -0.0654 e. The first-order valence-corrected chi connectivity index (χ1v) is 7.72. The maximum atomic E-state index is 2.45. The van der Waals surface area contributed by atoms with Gasteiger partial charge in [0.2, 0.25) is 0 Å². The summed E-state index contributed by atoms with van der Waals surface area (Å²) in [4.78, 5) is 0. The van der Waals surface area contributed by atoms with E-state index in [1.807, 2.05) is 0 Å². The fourth-order valence-electron chi connectivity index (χ4n) is 2.34. The monoisotopic (exact) mass is 226 g/mol. The molecule has 0 aromatic heterocycles. The van der Waals surface area contributed by atoms with E-state index in [4.69, 9.17) is 0 Å². The molecule has 0 heteroatoms. The van der Waals surface area contributed by atoms with Gasteiger partial charge in [-0.2, -0.15) is 0 Å². The van der Waals surface area contributed by atoms with Crippen LogP contribution in [0.15, 0.2) is 0 Å². The topological polar surface area (TPSA) is 0 Å². The average Bonchev–Trinajstić information content (AvgIpc) is 2.30. The molecule has 0 aliphatic carbocycles. The van der Waals surface area contributed by atoms with Crippen molar-refractivity contribution in [3.05, 3.63) is 0 Å². The van der Waals surface area contributed by atoms with Crippen LogP contribution < -0.4 is 0 Å². The molecule has 0 spiro atoms. The SMILES string of the molecule is CCCCCCCCC(C)C(C)CCCC. The quantitative estimate of drug-likeness (QED) is 0.368. The Kier molecular flexibility index (Phi) is 11.5. The van der Waals surface area contributed by atoms with E-state index in [0.29, 0.717) is 0 Å². The van der Waals surface area contributed by atoms with E-state index in [9.17, 15) is 0 Å². The summed E-state index contributed by atoms with van der Waals surface area (Å²) in [6.45, 7) is 9.48. The van der Waals surface area contributed by atoms with Crippen molar-refractivity contribution in [1.82, 2.24) is 0 Å². The molecule has 0 N–H and O–H groups in total. The van der Waals surface area contributed by atoms with E-state index in [0.717, 1.165) is 11.8 Å².